The first-order valence-corrected chi connectivity index (χ1v) is 9.88. The second-order valence-corrected chi connectivity index (χ2v) is 8.56. The van der Waals surface area contributed by atoms with E-state index in [2.05, 4.69) is 72.8 Å². The Balaban J connectivity index is 2.42. The van der Waals surface area contributed by atoms with Crippen LogP contribution in [0.2, 0.25) is 0 Å². The molecule has 3 rings (SSSR count). The number of hydrogen-bond acceptors (Lipinski definition) is 1. The van der Waals surface area contributed by atoms with E-state index in [9.17, 15) is 0 Å². The molecule has 0 aliphatic heterocycles. The van der Waals surface area contributed by atoms with Crippen molar-refractivity contribution in [2.24, 2.45) is 4.74 Å². The van der Waals surface area contributed by atoms with Gasteiger partial charge in [-0.3, -0.25) is 5.41 Å². The quantitative estimate of drug-likeness (QED) is 0.413. The first-order valence-electron chi connectivity index (χ1n) is 8.14. The summed E-state index contributed by atoms with van der Waals surface area (Å²) in [7, 11) is -2.23. The normalized spacial score (nSPS) is 11.0. The standard InChI is InChI=1S/C21H21N2P/c1-2-21(22)23-24(18-12-6-3-7-13-18,19-14-8-4-9-15-19)20-16-10-5-11-17-20/h3-17,22H,2H2,1H3. The average Bonchev–Trinajstić information content (AvgIpc) is 2.68. The molecule has 0 unspecified atom stereocenters. The van der Waals surface area contributed by atoms with Gasteiger partial charge in [-0.2, -0.15) is 0 Å². The van der Waals surface area contributed by atoms with Crippen molar-refractivity contribution in [2.45, 2.75) is 13.3 Å². The van der Waals surface area contributed by atoms with Gasteiger partial charge in [0.1, 0.15) is 5.84 Å². The van der Waals surface area contributed by atoms with Crippen LogP contribution in [0.5, 0.6) is 0 Å². The van der Waals surface area contributed by atoms with E-state index >= 15 is 0 Å². The summed E-state index contributed by atoms with van der Waals surface area (Å²) in [5, 5.41) is 11.8. The minimum atomic E-state index is -2.23. The van der Waals surface area contributed by atoms with Gasteiger partial charge in [-0.05, 0) is 0 Å². The molecule has 0 spiro atoms. The van der Waals surface area contributed by atoms with E-state index in [1.165, 1.54) is 15.9 Å². The fourth-order valence-corrected chi connectivity index (χ4v) is 6.36. The van der Waals surface area contributed by atoms with E-state index < -0.39 is 7.05 Å². The largest absolute Gasteiger partial charge is 0.287 e. The summed E-state index contributed by atoms with van der Waals surface area (Å²) in [6.45, 7) is 1.99. The number of nitrogens with one attached hydrogen (secondary N) is 1. The Morgan fingerprint density at radius 2 is 1.04 bits per heavy atom. The first kappa shape index (κ1) is 16.4. The second-order valence-electron chi connectivity index (χ2n) is 5.54. The predicted octanol–water partition coefficient (Wildman–Crippen LogP) is 4.55. The Kier molecular flexibility index (Phi) is 5.08. The van der Waals surface area contributed by atoms with Crippen LogP contribution >= 0.6 is 7.05 Å². The van der Waals surface area contributed by atoms with Crippen molar-refractivity contribution in [3.63, 3.8) is 0 Å². The number of rotatable bonds is 4. The summed E-state index contributed by atoms with van der Waals surface area (Å²) in [4.78, 5) is 0. The van der Waals surface area contributed by atoms with Crippen molar-refractivity contribution in [1.29, 1.82) is 5.41 Å². The third-order valence-corrected chi connectivity index (χ3v) is 7.67. The maximum absolute atomic E-state index is 8.30. The highest BCUT2D eigenvalue weighted by atomic mass is 31.2. The predicted molar refractivity (Wildman–Crippen MR) is 106 cm³/mol. The van der Waals surface area contributed by atoms with Crippen molar-refractivity contribution in [3.8, 4) is 0 Å². The van der Waals surface area contributed by atoms with Gasteiger partial charge in [0.05, 0.1) is 7.05 Å². The van der Waals surface area contributed by atoms with Gasteiger partial charge in [0.25, 0.3) is 0 Å². The molecule has 0 bridgehead atoms. The zero-order valence-electron chi connectivity index (χ0n) is 13.8. The zero-order valence-corrected chi connectivity index (χ0v) is 14.7. The van der Waals surface area contributed by atoms with Crippen molar-refractivity contribution < 1.29 is 0 Å². The van der Waals surface area contributed by atoms with Crippen molar-refractivity contribution in [3.05, 3.63) is 91.0 Å². The van der Waals surface area contributed by atoms with Crippen LogP contribution in [0.25, 0.3) is 0 Å². The van der Waals surface area contributed by atoms with Crippen molar-refractivity contribution in [2.75, 3.05) is 0 Å². The van der Waals surface area contributed by atoms with Gasteiger partial charge in [-0.15, -0.1) is 0 Å². The Labute approximate surface area is 143 Å². The van der Waals surface area contributed by atoms with E-state index in [1.54, 1.807) is 0 Å². The molecule has 120 valence electrons. The number of hydrogen-bond donors (Lipinski definition) is 1. The molecular formula is C21H21N2P. The molecule has 0 saturated carbocycles. The molecule has 24 heavy (non-hydrogen) atoms. The average molecular weight is 332 g/mol. The van der Waals surface area contributed by atoms with Gasteiger partial charge in [0, 0.05) is 22.3 Å². The number of benzene rings is 3. The van der Waals surface area contributed by atoms with Crippen LogP contribution in [-0.2, 0) is 0 Å². The lowest BCUT2D eigenvalue weighted by atomic mass is 10.4. The van der Waals surface area contributed by atoms with Crippen LogP contribution in [0.1, 0.15) is 13.3 Å². The highest BCUT2D eigenvalue weighted by Gasteiger charge is 2.27. The van der Waals surface area contributed by atoms with Crippen LogP contribution in [0.3, 0.4) is 0 Å². The summed E-state index contributed by atoms with van der Waals surface area (Å²) in [5.74, 6) is 0.444. The molecular weight excluding hydrogens is 311 g/mol. The topological polar surface area (TPSA) is 36.2 Å². The molecule has 0 atom stereocenters. The first-order chi connectivity index (χ1) is 11.8. The highest BCUT2D eigenvalue weighted by Crippen LogP contribution is 2.46. The maximum atomic E-state index is 8.30. The van der Waals surface area contributed by atoms with E-state index in [0.717, 1.165) is 0 Å². The van der Waals surface area contributed by atoms with Crippen LogP contribution in [-0.4, -0.2) is 5.84 Å². The zero-order chi connectivity index (χ0) is 16.8. The van der Waals surface area contributed by atoms with E-state index in [0.29, 0.717) is 12.3 Å². The third-order valence-electron chi connectivity index (χ3n) is 4.00. The molecule has 0 aromatic heterocycles. The monoisotopic (exact) mass is 332 g/mol. The molecule has 3 aromatic rings. The van der Waals surface area contributed by atoms with E-state index in [-0.39, 0.29) is 0 Å². The Bertz CT molecular complexity index is 753. The summed E-state index contributed by atoms with van der Waals surface area (Å²) >= 11 is 0. The van der Waals surface area contributed by atoms with Crippen LogP contribution in [0.4, 0.5) is 0 Å². The summed E-state index contributed by atoms with van der Waals surface area (Å²) in [5.41, 5.74) is 0. The number of amidine groups is 1. The highest BCUT2D eigenvalue weighted by molar-refractivity contribution is 7.87. The van der Waals surface area contributed by atoms with E-state index in [4.69, 9.17) is 10.2 Å². The molecule has 0 fully saturated rings. The summed E-state index contributed by atoms with van der Waals surface area (Å²) in [6, 6.07) is 31.3. The fourth-order valence-electron chi connectivity index (χ4n) is 2.80. The lowest BCUT2D eigenvalue weighted by Crippen LogP contribution is -2.26. The molecule has 3 heteroatoms. The van der Waals surface area contributed by atoms with E-state index in [1.807, 2.05) is 25.1 Å². The Morgan fingerprint density at radius 1 is 0.708 bits per heavy atom. The Hall–Kier alpha value is -2.44. The Morgan fingerprint density at radius 3 is 1.33 bits per heavy atom. The van der Waals surface area contributed by atoms with Crippen LogP contribution < -0.4 is 15.9 Å². The fraction of sp³-hybridized carbons (Fsp3) is 0.0952. The molecule has 2 nitrogen and oxygen atoms in total. The molecule has 1 N–H and O–H groups in total. The lowest BCUT2D eigenvalue weighted by molar-refractivity contribution is 1.22. The van der Waals surface area contributed by atoms with Crippen LogP contribution in [0, 0.1) is 5.41 Å². The van der Waals surface area contributed by atoms with Gasteiger partial charge >= 0.3 is 0 Å². The van der Waals surface area contributed by atoms with Crippen molar-refractivity contribution in [1.82, 2.24) is 0 Å². The second kappa shape index (κ2) is 7.42. The summed E-state index contributed by atoms with van der Waals surface area (Å²) in [6.07, 6.45) is 0.633. The lowest BCUT2D eigenvalue weighted by Gasteiger charge is -2.26. The molecule has 0 heterocycles. The molecule has 0 aliphatic carbocycles. The van der Waals surface area contributed by atoms with Gasteiger partial charge in [0.2, 0.25) is 0 Å². The molecule has 0 radical (unpaired) electrons. The minimum Gasteiger partial charge on any atom is -0.287 e. The van der Waals surface area contributed by atoms with Crippen molar-refractivity contribution >= 4 is 28.8 Å². The third kappa shape index (κ3) is 3.11. The number of nitrogens with zero attached hydrogens (tertiary/aromatic N) is 1. The van der Waals surface area contributed by atoms with Gasteiger partial charge in [0.15, 0.2) is 0 Å². The molecule has 0 amide bonds. The molecule has 0 saturated heterocycles. The SMILES string of the molecule is CCC(=N)N=P(c1ccccc1)(c1ccccc1)c1ccccc1. The molecule has 0 aliphatic rings. The summed E-state index contributed by atoms with van der Waals surface area (Å²) < 4.78 is 5.03. The smallest absolute Gasteiger partial charge is 0.119 e. The van der Waals surface area contributed by atoms with Gasteiger partial charge in [-0.25, -0.2) is 4.74 Å². The van der Waals surface area contributed by atoms with Gasteiger partial charge < -0.3 is 0 Å². The molecule has 3 aromatic carbocycles. The van der Waals surface area contributed by atoms with Crippen LogP contribution in [0.15, 0.2) is 95.7 Å². The van der Waals surface area contributed by atoms with Gasteiger partial charge in [-0.1, -0.05) is 97.9 Å². The minimum absolute atomic E-state index is 0.444. The maximum Gasteiger partial charge on any atom is 0.119 e.